The van der Waals surface area contributed by atoms with Gasteiger partial charge in [-0.2, -0.15) is 0 Å². The fourth-order valence-corrected chi connectivity index (χ4v) is 4.02. The van der Waals surface area contributed by atoms with Crippen LogP contribution in [-0.4, -0.2) is 14.5 Å². The van der Waals surface area contributed by atoms with Gasteiger partial charge in [0, 0.05) is 13.2 Å². The summed E-state index contributed by atoms with van der Waals surface area (Å²) in [5, 5.41) is 1.89. The lowest BCUT2D eigenvalue weighted by molar-refractivity contribution is 0.582. The molecule has 0 saturated heterocycles. The van der Waals surface area contributed by atoms with Crippen molar-refractivity contribution in [2.24, 2.45) is 7.05 Å². The zero-order valence-corrected chi connectivity index (χ0v) is 11.7. The van der Waals surface area contributed by atoms with Gasteiger partial charge in [-0.25, -0.2) is 9.97 Å². The minimum Gasteiger partial charge on any atom is -0.462 e. The van der Waals surface area contributed by atoms with Crippen LogP contribution in [0.1, 0.15) is 0 Å². The molecule has 0 aromatic carbocycles. The lowest BCUT2D eigenvalue weighted by Gasteiger charge is -1.96. The Labute approximate surface area is 117 Å². The van der Waals surface area contributed by atoms with Gasteiger partial charge in [0.15, 0.2) is 20.4 Å². The smallest absolute Gasteiger partial charge is 0.162 e. The van der Waals surface area contributed by atoms with Crippen LogP contribution in [0, 0.1) is 0 Å². The van der Waals surface area contributed by atoms with Crippen LogP contribution in [0.15, 0.2) is 41.1 Å². The lowest BCUT2D eigenvalue weighted by Crippen LogP contribution is -1.87. The molecule has 6 heteroatoms. The molecule has 0 atom stereocenters. The van der Waals surface area contributed by atoms with E-state index in [0.717, 1.165) is 31.1 Å². The standard InChI is InChI=1S/C13H9N3OS2/c1-16-6-2-4-8(16)10-14-12-13(18-10)15-11(19-12)9-5-3-7-17-9/h2-7H,1H3. The number of fused-ring (bicyclic) bond motifs is 1. The quantitative estimate of drug-likeness (QED) is 0.559. The third-order valence-corrected chi connectivity index (χ3v) is 4.94. The Bertz CT molecular complexity index is 807. The molecule has 4 rings (SSSR count). The molecule has 4 heterocycles. The third-order valence-electron chi connectivity index (χ3n) is 2.87. The highest BCUT2D eigenvalue weighted by Gasteiger charge is 2.15. The number of rotatable bonds is 2. The monoisotopic (exact) mass is 287 g/mol. The third kappa shape index (κ3) is 1.72. The summed E-state index contributed by atoms with van der Waals surface area (Å²) >= 11 is 3.18. The van der Waals surface area contributed by atoms with Crippen molar-refractivity contribution < 1.29 is 4.42 Å². The first-order valence-corrected chi connectivity index (χ1v) is 7.37. The highest BCUT2D eigenvalue weighted by molar-refractivity contribution is 7.29. The highest BCUT2D eigenvalue weighted by atomic mass is 32.1. The topological polar surface area (TPSA) is 43.9 Å². The molecule has 0 aliphatic carbocycles. The van der Waals surface area contributed by atoms with Crippen molar-refractivity contribution in [3.05, 3.63) is 36.7 Å². The fourth-order valence-electron chi connectivity index (χ4n) is 1.94. The molecule has 0 amide bonds. The van der Waals surface area contributed by atoms with E-state index in [-0.39, 0.29) is 0 Å². The van der Waals surface area contributed by atoms with Gasteiger partial charge < -0.3 is 8.98 Å². The van der Waals surface area contributed by atoms with E-state index in [1.165, 1.54) is 0 Å². The van der Waals surface area contributed by atoms with Gasteiger partial charge in [-0.3, -0.25) is 0 Å². The van der Waals surface area contributed by atoms with Crippen LogP contribution in [0.5, 0.6) is 0 Å². The Hall–Kier alpha value is -1.92. The summed E-state index contributed by atoms with van der Waals surface area (Å²) in [5.41, 5.74) is 1.12. The van der Waals surface area contributed by atoms with Gasteiger partial charge in [-0.05, 0) is 24.3 Å². The molecule has 4 aromatic heterocycles. The maximum atomic E-state index is 5.36. The molecule has 0 radical (unpaired) electrons. The maximum Gasteiger partial charge on any atom is 0.162 e. The lowest BCUT2D eigenvalue weighted by atomic mass is 10.4. The molecule has 4 nitrogen and oxygen atoms in total. The first-order valence-electron chi connectivity index (χ1n) is 5.74. The molecule has 0 fully saturated rings. The SMILES string of the molecule is Cn1cccc1-c1nc2sc(-c3ccco3)nc2s1. The van der Waals surface area contributed by atoms with Crippen molar-refractivity contribution in [1.82, 2.24) is 14.5 Å². The van der Waals surface area contributed by atoms with Gasteiger partial charge in [0.25, 0.3) is 0 Å². The zero-order valence-electron chi connectivity index (χ0n) is 10.0. The fraction of sp³-hybridized carbons (Fsp3) is 0.0769. The molecule has 4 aromatic rings. The van der Waals surface area contributed by atoms with Gasteiger partial charge in [0.05, 0.1) is 12.0 Å². The van der Waals surface area contributed by atoms with E-state index in [9.17, 15) is 0 Å². The predicted octanol–water partition coefficient (Wildman–Crippen LogP) is 4.02. The number of aryl methyl sites for hydroxylation is 1. The Morgan fingerprint density at radius 1 is 1.05 bits per heavy atom. The largest absolute Gasteiger partial charge is 0.462 e. The summed E-state index contributed by atoms with van der Waals surface area (Å²) in [6, 6.07) is 7.87. The summed E-state index contributed by atoms with van der Waals surface area (Å²) in [7, 11) is 2.02. The van der Waals surface area contributed by atoms with Gasteiger partial charge in [-0.15, -0.1) is 0 Å². The number of nitrogens with zero attached hydrogens (tertiary/aromatic N) is 3. The average molecular weight is 287 g/mol. The molecule has 0 spiro atoms. The second-order valence-electron chi connectivity index (χ2n) is 4.13. The van der Waals surface area contributed by atoms with E-state index < -0.39 is 0 Å². The van der Waals surface area contributed by atoms with Crippen LogP contribution in [0.4, 0.5) is 0 Å². The highest BCUT2D eigenvalue weighted by Crippen LogP contribution is 2.36. The minimum absolute atomic E-state index is 0.801. The van der Waals surface area contributed by atoms with Crippen LogP contribution in [0.25, 0.3) is 31.1 Å². The van der Waals surface area contributed by atoms with Crippen molar-refractivity contribution >= 4 is 32.3 Å². The van der Waals surface area contributed by atoms with Gasteiger partial charge in [0.2, 0.25) is 0 Å². The summed E-state index contributed by atoms with van der Waals surface area (Å²) < 4.78 is 7.43. The Morgan fingerprint density at radius 2 is 1.84 bits per heavy atom. The molecule has 94 valence electrons. The molecule has 0 unspecified atom stereocenters. The number of thiazole rings is 2. The van der Waals surface area contributed by atoms with E-state index in [1.54, 1.807) is 28.9 Å². The molecule has 19 heavy (non-hydrogen) atoms. The summed E-state index contributed by atoms with van der Waals surface area (Å²) in [4.78, 5) is 11.2. The normalized spacial score (nSPS) is 11.4. The van der Waals surface area contributed by atoms with Crippen LogP contribution in [0.3, 0.4) is 0 Å². The maximum absolute atomic E-state index is 5.36. The molecule has 0 aliphatic heterocycles. The Morgan fingerprint density at radius 3 is 2.53 bits per heavy atom. The average Bonchev–Trinajstić information content (AvgIpc) is 3.10. The van der Waals surface area contributed by atoms with Crippen molar-refractivity contribution in [3.8, 4) is 21.5 Å². The number of hydrogen-bond donors (Lipinski definition) is 0. The first-order chi connectivity index (χ1) is 9.31. The van der Waals surface area contributed by atoms with Crippen molar-refractivity contribution in [3.63, 3.8) is 0 Å². The molecular formula is C13H9N3OS2. The van der Waals surface area contributed by atoms with E-state index in [4.69, 9.17) is 4.42 Å². The number of furan rings is 1. The second-order valence-corrected chi connectivity index (χ2v) is 6.09. The summed E-state index contributed by atoms with van der Waals surface area (Å²) in [6.07, 6.45) is 3.68. The van der Waals surface area contributed by atoms with E-state index >= 15 is 0 Å². The van der Waals surface area contributed by atoms with Crippen LogP contribution >= 0.6 is 22.7 Å². The molecule has 0 N–H and O–H groups in total. The van der Waals surface area contributed by atoms with Gasteiger partial charge in [-0.1, -0.05) is 22.7 Å². The molecule has 0 saturated carbocycles. The molecular weight excluding hydrogens is 278 g/mol. The van der Waals surface area contributed by atoms with Gasteiger partial charge >= 0.3 is 0 Å². The minimum atomic E-state index is 0.801. The van der Waals surface area contributed by atoms with Gasteiger partial charge in [0.1, 0.15) is 5.01 Å². The zero-order chi connectivity index (χ0) is 12.8. The molecule has 0 bridgehead atoms. The van der Waals surface area contributed by atoms with Crippen LogP contribution < -0.4 is 0 Å². The van der Waals surface area contributed by atoms with E-state index in [0.29, 0.717) is 0 Å². The van der Waals surface area contributed by atoms with E-state index in [2.05, 4.69) is 20.6 Å². The Balaban J connectivity index is 1.82. The number of aromatic nitrogens is 3. The molecule has 0 aliphatic rings. The number of hydrogen-bond acceptors (Lipinski definition) is 5. The van der Waals surface area contributed by atoms with E-state index in [1.807, 2.05) is 31.4 Å². The van der Waals surface area contributed by atoms with Crippen molar-refractivity contribution in [2.45, 2.75) is 0 Å². The van der Waals surface area contributed by atoms with Crippen molar-refractivity contribution in [1.29, 1.82) is 0 Å². The second kappa shape index (κ2) is 4.04. The van der Waals surface area contributed by atoms with Crippen molar-refractivity contribution in [2.75, 3.05) is 0 Å². The first kappa shape index (κ1) is 11.0. The van der Waals surface area contributed by atoms with Crippen LogP contribution in [0.2, 0.25) is 0 Å². The Kier molecular flexibility index (Phi) is 2.33. The van der Waals surface area contributed by atoms with Crippen LogP contribution in [-0.2, 0) is 7.05 Å². The summed E-state index contributed by atoms with van der Waals surface area (Å²) in [5.74, 6) is 0.801. The summed E-state index contributed by atoms with van der Waals surface area (Å²) in [6.45, 7) is 0. The predicted molar refractivity (Wildman–Crippen MR) is 77.4 cm³/mol.